The number of anilines is 2. The largest absolute Gasteiger partial charge is 0.497 e. The van der Waals surface area contributed by atoms with Gasteiger partial charge in [-0.05, 0) is 42.0 Å². The standard InChI is InChI=1S/C23H22N4O3/c1-30-20-14-8-9-17(15-20)16-21(26-25-19-12-6-3-7-13-19)22(27-29)23(28)24-18-10-4-2-5-11-18/h2-15,25,29H,16H2,1H3,(H,24,28)/b26-21+,27-22?. The molecule has 3 aromatic carbocycles. The van der Waals surface area contributed by atoms with E-state index in [9.17, 15) is 10.0 Å². The van der Waals surface area contributed by atoms with Crippen LogP contribution in [-0.4, -0.2) is 29.6 Å². The Morgan fingerprint density at radius 3 is 2.23 bits per heavy atom. The third-order valence-electron chi connectivity index (χ3n) is 4.22. The fraction of sp³-hybridized carbons (Fsp3) is 0.0870. The maximum atomic E-state index is 12.8. The van der Waals surface area contributed by atoms with Gasteiger partial charge in [0.1, 0.15) is 5.75 Å². The van der Waals surface area contributed by atoms with E-state index in [1.807, 2.05) is 60.7 Å². The number of benzene rings is 3. The minimum atomic E-state index is -0.569. The second kappa shape index (κ2) is 10.4. The summed E-state index contributed by atoms with van der Waals surface area (Å²) in [5, 5.41) is 19.9. The van der Waals surface area contributed by atoms with Crippen LogP contribution in [0.1, 0.15) is 5.56 Å². The van der Waals surface area contributed by atoms with Crippen molar-refractivity contribution in [3.05, 3.63) is 90.5 Å². The van der Waals surface area contributed by atoms with Crippen molar-refractivity contribution < 1.29 is 14.7 Å². The highest BCUT2D eigenvalue weighted by Gasteiger charge is 2.20. The van der Waals surface area contributed by atoms with E-state index in [0.717, 1.165) is 11.3 Å². The Morgan fingerprint density at radius 2 is 1.60 bits per heavy atom. The monoisotopic (exact) mass is 402 g/mol. The van der Waals surface area contributed by atoms with Crippen molar-refractivity contribution in [2.75, 3.05) is 17.9 Å². The van der Waals surface area contributed by atoms with Crippen molar-refractivity contribution in [2.24, 2.45) is 10.3 Å². The summed E-state index contributed by atoms with van der Waals surface area (Å²) in [6.45, 7) is 0. The number of rotatable bonds is 8. The summed E-state index contributed by atoms with van der Waals surface area (Å²) in [5.74, 6) is 0.110. The van der Waals surface area contributed by atoms with Crippen molar-refractivity contribution in [2.45, 2.75) is 6.42 Å². The number of ether oxygens (including phenoxy) is 1. The van der Waals surface area contributed by atoms with E-state index in [2.05, 4.69) is 21.0 Å². The molecule has 0 aromatic heterocycles. The molecule has 0 aliphatic rings. The topological polar surface area (TPSA) is 95.3 Å². The molecule has 7 nitrogen and oxygen atoms in total. The zero-order valence-electron chi connectivity index (χ0n) is 16.4. The third kappa shape index (κ3) is 5.68. The number of amides is 1. The van der Waals surface area contributed by atoms with Gasteiger partial charge in [0, 0.05) is 12.1 Å². The average Bonchev–Trinajstić information content (AvgIpc) is 2.79. The lowest BCUT2D eigenvalue weighted by Gasteiger charge is -2.11. The Hall–Kier alpha value is -4.13. The maximum Gasteiger partial charge on any atom is 0.279 e. The number of methoxy groups -OCH3 is 1. The van der Waals surface area contributed by atoms with E-state index in [1.165, 1.54) is 0 Å². The first-order valence-electron chi connectivity index (χ1n) is 9.29. The Bertz CT molecular complexity index is 1030. The molecule has 3 rings (SSSR count). The normalized spacial score (nSPS) is 11.6. The molecule has 152 valence electrons. The first-order valence-corrected chi connectivity index (χ1v) is 9.29. The van der Waals surface area contributed by atoms with Crippen LogP contribution in [0.3, 0.4) is 0 Å². The lowest BCUT2D eigenvalue weighted by atomic mass is 10.0. The number of carbonyl (C=O) groups is 1. The van der Waals surface area contributed by atoms with Crippen molar-refractivity contribution in [3.8, 4) is 5.75 Å². The van der Waals surface area contributed by atoms with E-state index in [1.54, 1.807) is 31.4 Å². The van der Waals surface area contributed by atoms with Crippen LogP contribution >= 0.6 is 0 Å². The molecule has 30 heavy (non-hydrogen) atoms. The van der Waals surface area contributed by atoms with Crippen LogP contribution in [0, 0.1) is 0 Å². The Labute approximate surface area is 174 Å². The number of nitrogens with one attached hydrogen (secondary N) is 2. The molecule has 1 amide bonds. The Balaban J connectivity index is 1.88. The quantitative estimate of drug-likeness (QED) is 0.299. The molecule has 0 radical (unpaired) electrons. The first kappa shape index (κ1) is 20.6. The van der Waals surface area contributed by atoms with Crippen molar-refractivity contribution >= 4 is 28.7 Å². The SMILES string of the molecule is COc1cccc(C/C(=N\Nc2ccccc2)C(=NO)C(=O)Nc2ccccc2)c1. The van der Waals surface area contributed by atoms with E-state index in [4.69, 9.17) is 4.74 Å². The number of carbonyl (C=O) groups excluding carboxylic acids is 1. The molecule has 0 bridgehead atoms. The summed E-state index contributed by atoms with van der Waals surface area (Å²) in [6.07, 6.45) is 0.249. The van der Waals surface area contributed by atoms with Gasteiger partial charge in [0.05, 0.1) is 18.5 Å². The van der Waals surface area contributed by atoms with Crippen LogP contribution in [-0.2, 0) is 11.2 Å². The Kier molecular flexibility index (Phi) is 7.16. The predicted molar refractivity (Wildman–Crippen MR) is 118 cm³/mol. The summed E-state index contributed by atoms with van der Waals surface area (Å²) in [5.41, 5.74) is 5.15. The van der Waals surface area contributed by atoms with Gasteiger partial charge >= 0.3 is 0 Å². The molecule has 0 aliphatic heterocycles. The molecule has 3 N–H and O–H groups in total. The molecule has 0 spiro atoms. The predicted octanol–water partition coefficient (Wildman–Crippen LogP) is 4.17. The number of hydrogen-bond donors (Lipinski definition) is 3. The molecule has 7 heteroatoms. The number of para-hydroxylation sites is 2. The molecular weight excluding hydrogens is 380 g/mol. The van der Waals surface area contributed by atoms with Crippen molar-refractivity contribution in [3.63, 3.8) is 0 Å². The van der Waals surface area contributed by atoms with Gasteiger partial charge in [0.15, 0.2) is 5.71 Å². The second-order valence-corrected chi connectivity index (χ2v) is 6.33. The van der Waals surface area contributed by atoms with Crippen molar-refractivity contribution in [1.82, 2.24) is 0 Å². The molecule has 0 fully saturated rings. The van der Waals surface area contributed by atoms with E-state index in [0.29, 0.717) is 11.4 Å². The number of oxime groups is 1. The van der Waals surface area contributed by atoms with Gasteiger partial charge in [-0.25, -0.2) is 0 Å². The highest BCUT2D eigenvalue weighted by molar-refractivity contribution is 6.69. The smallest absolute Gasteiger partial charge is 0.279 e. The van der Waals surface area contributed by atoms with Gasteiger partial charge in [-0.3, -0.25) is 10.2 Å². The minimum Gasteiger partial charge on any atom is -0.497 e. The van der Waals surface area contributed by atoms with E-state index < -0.39 is 5.91 Å². The summed E-state index contributed by atoms with van der Waals surface area (Å²) in [6, 6.07) is 25.6. The molecule has 0 unspecified atom stereocenters. The van der Waals surface area contributed by atoms with Crippen LogP contribution in [0.15, 0.2) is 95.2 Å². The summed E-state index contributed by atoms with van der Waals surface area (Å²) < 4.78 is 5.26. The minimum absolute atomic E-state index is 0.190. The molecule has 0 atom stereocenters. The molecule has 0 saturated carbocycles. The van der Waals surface area contributed by atoms with Gasteiger partial charge < -0.3 is 15.3 Å². The fourth-order valence-electron chi connectivity index (χ4n) is 2.74. The molecule has 0 heterocycles. The lowest BCUT2D eigenvalue weighted by molar-refractivity contribution is -0.110. The summed E-state index contributed by atoms with van der Waals surface area (Å²) in [4.78, 5) is 12.8. The van der Waals surface area contributed by atoms with Crippen LogP contribution < -0.4 is 15.5 Å². The molecular formula is C23H22N4O3. The molecule has 0 saturated heterocycles. The zero-order chi connectivity index (χ0) is 21.2. The van der Waals surface area contributed by atoms with Gasteiger partial charge in [-0.1, -0.05) is 53.7 Å². The average molecular weight is 402 g/mol. The van der Waals surface area contributed by atoms with Gasteiger partial charge in [-0.2, -0.15) is 5.10 Å². The van der Waals surface area contributed by atoms with Crippen LogP contribution in [0.5, 0.6) is 5.75 Å². The maximum absolute atomic E-state index is 12.8. The highest BCUT2D eigenvalue weighted by atomic mass is 16.5. The fourth-order valence-corrected chi connectivity index (χ4v) is 2.74. The van der Waals surface area contributed by atoms with Crippen LogP contribution in [0.25, 0.3) is 0 Å². The Morgan fingerprint density at radius 1 is 0.933 bits per heavy atom. The number of hydrogen-bond acceptors (Lipinski definition) is 6. The molecule has 0 aliphatic carbocycles. The summed E-state index contributed by atoms with van der Waals surface area (Å²) >= 11 is 0. The second-order valence-electron chi connectivity index (χ2n) is 6.33. The van der Waals surface area contributed by atoms with Crippen LogP contribution in [0.4, 0.5) is 11.4 Å². The number of nitrogens with zero attached hydrogens (tertiary/aromatic N) is 2. The van der Waals surface area contributed by atoms with Gasteiger partial charge in [0.25, 0.3) is 5.91 Å². The number of hydrazone groups is 1. The molecule has 3 aromatic rings. The van der Waals surface area contributed by atoms with Gasteiger partial charge in [0.2, 0.25) is 0 Å². The van der Waals surface area contributed by atoms with Gasteiger partial charge in [-0.15, -0.1) is 0 Å². The zero-order valence-corrected chi connectivity index (χ0v) is 16.4. The highest BCUT2D eigenvalue weighted by Crippen LogP contribution is 2.15. The van der Waals surface area contributed by atoms with Crippen LogP contribution in [0.2, 0.25) is 0 Å². The van der Waals surface area contributed by atoms with E-state index >= 15 is 0 Å². The van der Waals surface area contributed by atoms with Crippen molar-refractivity contribution in [1.29, 1.82) is 0 Å². The van der Waals surface area contributed by atoms with E-state index in [-0.39, 0.29) is 17.8 Å². The summed E-state index contributed by atoms with van der Waals surface area (Å²) in [7, 11) is 1.58. The third-order valence-corrected chi connectivity index (χ3v) is 4.22. The first-order chi connectivity index (χ1) is 14.7. The lowest BCUT2D eigenvalue weighted by Crippen LogP contribution is -2.32.